The Balaban J connectivity index is 1.94. The Morgan fingerprint density at radius 2 is 1.94 bits per heavy atom. The lowest BCUT2D eigenvalue weighted by molar-refractivity contribution is -0.146. The van der Waals surface area contributed by atoms with Crippen molar-refractivity contribution in [2.75, 3.05) is 19.3 Å². The molecule has 0 aromatic heterocycles. The van der Waals surface area contributed by atoms with E-state index in [2.05, 4.69) is 4.90 Å². The summed E-state index contributed by atoms with van der Waals surface area (Å²) < 4.78 is 23.4. The molecule has 1 N–H and O–H groups in total. The van der Waals surface area contributed by atoms with Crippen LogP contribution in [0.2, 0.25) is 0 Å². The van der Waals surface area contributed by atoms with E-state index in [0.29, 0.717) is 0 Å². The number of aliphatic carboxylic acids is 1. The molecular formula is C12H21NO4S. The first kappa shape index (κ1) is 13.8. The van der Waals surface area contributed by atoms with Crippen molar-refractivity contribution < 1.29 is 18.3 Å². The molecule has 2 aliphatic rings. The van der Waals surface area contributed by atoms with Crippen LogP contribution >= 0.6 is 0 Å². The maximum Gasteiger partial charge on any atom is 0.306 e. The molecule has 5 nitrogen and oxygen atoms in total. The van der Waals surface area contributed by atoms with E-state index in [1.807, 2.05) is 0 Å². The highest BCUT2D eigenvalue weighted by Crippen LogP contribution is 2.35. The average Bonchev–Trinajstić information content (AvgIpc) is 2.63. The topological polar surface area (TPSA) is 74.7 Å². The first-order chi connectivity index (χ1) is 8.30. The van der Waals surface area contributed by atoms with Crippen LogP contribution in [-0.2, 0) is 14.6 Å². The molecule has 3 atom stereocenters. The number of nitrogens with zero attached hydrogens (tertiary/aromatic N) is 1. The number of hydrogen-bond acceptors (Lipinski definition) is 4. The quantitative estimate of drug-likeness (QED) is 0.813. The van der Waals surface area contributed by atoms with E-state index >= 15 is 0 Å². The molecule has 1 aliphatic heterocycles. The summed E-state index contributed by atoms with van der Waals surface area (Å²) in [5.41, 5.74) is 0. The van der Waals surface area contributed by atoms with Gasteiger partial charge in [0.1, 0.15) is 0 Å². The van der Waals surface area contributed by atoms with E-state index in [1.54, 1.807) is 6.92 Å². The lowest BCUT2D eigenvalue weighted by Crippen LogP contribution is -2.57. The van der Waals surface area contributed by atoms with E-state index < -0.39 is 15.8 Å². The summed E-state index contributed by atoms with van der Waals surface area (Å²) in [7, 11) is -2.98. The Hall–Kier alpha value is -0.620. The molecule has 3 unspecified atom stereocenters. The third-order valence-electron chi connectivity index (χ3n) is 4.47. The van der Waals surface area contributed by atoms with Gasteiger partial charge in [-0.05, 0) is 18.8 Å². The summed E-state index contributed by atoms with van der Waals surface area (Å²) in [5.74, 6) is -0.923. The molecule has 2 fully saturated rings. The zero-order chi connectivity index (χ0) is 13.5. The largest absolute Gasteiger partial charge is 0.481 e. The Morgan fingerprint density at radius 1 is 1.33 bits per heavy atom. The number of sulfone groups is 1. The SMILES string of the molecule is CC(C(=O)O)C1CN(C2CCCC2S(C)(=O)=O)C1. The van der Waals surface area contributed by atoms with Crippen molar-refractivity contribution in [2.45, 2.75) is 37.5 Å². The van der Waals surface area contributed by atoms with Crippen LogP contribution < -0.4 is 0 Å². The fraction of sp³-hybridized carbons (Fsp3) is 0.917. The van der Waals surface area contributed by atoms with E-state index in [-0.39, 0.29) is 23.1 Å². The lowest BCUT2D eigenvalue weighted by atomic mass is 9.85. The van der Waals surface area contributed by atoms with Crippen LogP contribution in [0.15, 0.2) is 0 Å². The maximum absolute atomic E-state index is 11.7. The van der Waals surface area contributed by atoms with Crippen LogP contribution in [0.4, 0.5) is 0 Å². The molecule has 1 saturated heterocycles. The second kappa shape index (κ2) is 4.81. The van der Waals surface area contributed by atoms with Gasteiger partial charge in [-0.3, -0.25) is 9.69 Å². The van der Waals surface area contributed by atoms with Crippen molar-refractivity contribution in [1.29, 1.82) is 0 Å². The van der Waals surface area contributed by atoms with Crippen LogP contribution in [0.1, 0.15) is 26.2 Å². The fourth-order valence-electron chi connectivity index (χ4n) is 3.16. The molecule has 0 aromatic rings. The molecule has 6 heteroatoms. The Morgan fingerprint density at radius 3 is 2.44 bits per heavy atom. The average molecular weight is 275 g/mol. The molecule has 104 valence electrons. The van der Waals surface area contributed by atoms with Crippen molar-refractivity contribution in [1.82, 2.24) is 4.90 Å². The van der Waals surface area contributed by atoms with Crippen molar-refractivity contribution in [2.24, 2.45) is 11.8 Å². The summed E-state index contributed by atoms with van der Waals surface area (Å²) in [5, 5.41) is 8.68. The third kappa shape index (κ3) is 2.54. The van der Waals surface area contributed by atoms with Crippen LogP contribution in [0.3, 0.4) is 0 Å². The van der Waals surface area contributed by atoms with E-state index in [9.17, 15) is 13.2 Å². The zero-order valence-electron chi connectivity index (χ0n) is 10.9. The molecule has 0 aromatic carbocycles. The molecular weight excluding hydrogens is 254 g/mol. The molecule has 2 rings (SSSR count). The first-order valence-electron chi connectivity index (χ1n) is 6.46. The van der Waals surface area contributed by atoms with Crippen molar-refractivity contribution in [3.63, 3.8) is 0 Å². The van der Waals surface area contributed by atoms with Gasteiger partial charge < -0.3 is 5.11 Å². The monoisotopic (exact) mass is 275 g/mol. The van der Waals surface area contributed by atoms with Gasteiger partial charge in [-0.15, -0.1) is 0 Å². The fourth-order valence-corrected chi connectivity index (χ4v) is 4.63. The third-order valence-corrected chi connectivity index (χ3v) is 6.12. The highest BCUT2D eigenvalue weighted by Gasteiger charge is 2.44. The summed E-state index contributed by atoms with van der Waals surface area (Å²) in [6.07, 6.45) is 3.94. The molecule has 0 radical (unpaired) electrons. The summed E-state index contributed by atoms with van der Waals surface area (Å²) in [6.45, 7) is 3.18. The molecule has 1 heterocycles. The molecule has 1 saturated carbocycles. The van der Waals surface area contributed by atoms with Crippen molar-refractivity contribution >= 4 is 15.8 Å². The molecule has 0 amide bonds. The standard InChI is InChI=1S/C12H21NO4S/c1-8(12(14)15)9-6-13(7-9)10-4-3-5-11(10)18(2,16)17/h8-11H,3-7H2,1-2H3,(H,14,15). The minimum atomic E-state index is -2.98. The number of carbonyl (C=O) groups is 1. The number of carboxylic acid groups (broad SMARTS) is 1. The molecule has 0 spiro atoms. The van der Waals surface area contributed by atoms with Gasteiger partial charge in [0.25, 0.3) is 0 Å². The predicted molar refractivity (Wildman–Crippen MR) is 68.1 cm³/mol. The van der Waals surface area contributed by atoms with Gasteiger partial charge in [0.15, 0.2) is 9.84 Å². The summed E-state index contributed by atoms with van der Waals surface area (Å²) in [6, 6.07) is 0.109. The van der Waals surface area contributed by atoms with Crippen LogP contribution in [0.25, 0.3) is 0 Å². The number of likely N-dealkylation sites (tertiary alicyclic amines) is 1. The highest BCUT2D eigenvalue weighted by atomic mass is 32.2. The van der Waals surface area contributed by atoms with Gasteiger partial charge in [0.05, 0.1) is 11.2 Å². The maximum atomic E-state index is 11.7. The van der Waals surface area contributed by atoms with Gasteiger partial charge in [0, 0.05) is 25.4 Å². The van der Waals surface area contributed by atoms with Crippen LogP contribution in [0, 0.1) is 11.8 Å². The Kier molecular flexibility index (Phi) is 3.69. The number of hydrogen-bond donors (Lipinski definition) is 1. The van der Waals surface area contributed by atoms with Gasteiger partial charge in [-0.25, -0.2) is 8.42 Å². The van der Waals surface area contributed by atoms with Gasteiger partial charge in [-0.2, -0.15) is 0 Å². The summed E-state index contributed by atoms with van der Waals surface area (Å²) >= 11 is 0. The predicted octanol–water partition coefficient (Wildman–Crippen LogP) is 0.605. The Labute approximate surface area is 108 Å². The summed E-state index contributed by atoms with van der Waals surface area (Å²) in [4.78, 5) is 13.0. The van der Waals surface area contributed by atoms with Gasteiger partial charge in [0.2, 0.25) is 0 Å². The van der Waals surface area contributed by atoms with Gasteiger partial charge >= 0.3 is 5.97 Å². The number of rotatable bonds is 4. The van der Waals surface area contributed by atoms with E-state index in [1.165, 1.54) is 6.26 Å². The normalized spacial score (nSPS) is 32.1. The Bertz CT molecular complexity index is 427. The first-order valence-corrected chi connectivity index (χ1v) is 8.42. The second-order valence-corrected chi connectivity index (χ2v) is 7.97. The van der Waals surface area contributed by atoms with Gasteiger partial charge in [-0.1, -0.05) is 13.3 Å². The second-order valence-electron chi connectivity index (χ2n) is 5.71. The van der Waals surface area contributed by atoms with E-state index in [0.717, 1.165) is 32.4 Å². The molecule has 18 heavy (non-hydrogen) atoms. The lowest BCUT2D eigenvalue weighted by Gasteiger charge is -2.46. The van der Waals surface area contributed by atoms with Crippen LogP contribution in [0.5, 0.6) is 0 Å². The zero-order valence-corrected chi connectivity index (χ0v) is 11.7. The van der Waals surface area contributed by atoms with Crippen LogP contribution in [-0.4, -0.2) is 55.0 Å². The van der Waals surface area contributed by atoms with Crippen molar-refractivity contribution in [3.8, 4) is 0 Å². The minimum absolute atomic E-state index is 0.109. The van der Waals surface area contributed by atoms with Crippen molar-refractivity contribution in [3.05, 3.63) is 0 Å². The van der Waals surface area contributed by atoms with E-state index in [4.69, 9.17) is 5.11 Å². The minimum Gasteiger partial charge on any atom is -0.481 e. The highest BCUT2D eigenvalue weighted by molar-refractivity contribution is 7.91. The molecule has 0 bridgehead atoms. The molecule has 1 aliphatic carbocycles. The number of carboxylic acids is 1. The smallest absolute Gasteiger partial charge is 0.306 e.